The summed E-state index contributed by atoms with van der Waals surface area (Å²) in [5.74, 6) is 0.920. The third-order valence-electron chi connectivity index (χ3n) is 2.49. The number of hydrogen-bond acceptors (Lipinski definition) is 4. The Bertz CT molecular complexity index is 277. The van der Waals surface area contributed by atoms with E-state index in [0.29, 0.717) is 0 Å². The largest absolute Gasteiger partial charge is 0.366 e. The quantitative estimate of drug-likeness (QED) is 0.738. The molecule has 1 fully saturated rings. The van der Waals surface area contributed by atoms with Crippen molar-refractivity contribution in [2.45, 2.75) is 13.3 Å². The van der Waals surface area contributed by atoms with E-state index in [-0.39, 0.29) is 0 Å². The smallest absolute Gasteiger partial charge is 0.128 e. The van der Waals surface area contributed by atoms with Crippen LogP contribution in [0.15, 0.2) is 12.4 Å². The minimum atomic E-state index is 0.905. The van der Waals surface area contributed by atoms with Gasteiger partial charge in [-0.25, -0.2) is 9.97 Å². The molecular weight excluding hydrogens is 176 g/mol. The Morgan fingerprint density at radius 2 is 1.93 bits per heavy atom. The fourth-order valence-electron chi connectivity index (χ4n) is 1.62. The van der Waals surface area contributed by atoms with Crippen LogP contribution in [0.25, 0.3) is 0 Å². The second-order valence-electron chi connectivity index (χ2n) is 3.45. The van der Waals surface area contributed by atoms with E-state index in [4.69, 9.17) is 0 Å². The molecule has 4 heteroatoms. The highest BCUT2D eigenvalue weighted by Gasteiger charge is 2.10. The van der Waals surface area contributed by atoms with E-state index in [9.17, 15) is 0 Å². The Morgan fingerprint density at radius 1 is 1.29 bits per heavy atom. The van der Waals surface area contributed by atoms with E-state index in [1.54, 1.807) is 0 Å². The van der Waals surface area contributed by atoms with E-state index in [1.165, 1.54) is 0 Å². The van der Waals surface area contributed by atoms with Gasteiger partial charge in [0.15, 0.2) is 0 Å². The molecule has 0 aliphatic carbocycles. The van der Waals surface area contributed by atoms with Gasteiger partial charge in [-0.15, -0.1) is 0 Å². The molecule has 0 unspecified atom stereocenters. The predicted molar refractivity (Wildman–Crippen MR) is 56.5 cm³/mol. The number of nitrogens with zero attached hydrogens (tertiary/aromatic N) is 3. The van der Waals surface area contributed by atoms with E-state index in [2.05, 4.69) is 27.1 Å². The van der Waals surface area contributed by atoms with Crippen LogP contribution >= 0.6 is 0 Å². The van der Waals surface area contributed by atoms with Crippen molar-refractivity contribution >= 4 is 5.69 Å². The Labute approximate surface area is 84.4 Å². The van der Waals surface area contributed by atoms with Gasteiger partial charge in [0.25, 0.3) is 0 Å². The monoisotopic (exact) mass is 192 g/mol. The lowest BCUT2D eigenvalue weighted by Crippen LogP contribution is -2.43. The van der Waals surface area contributed by atoms with Crippen LogP contribution in [0.3, 0.4) is 0 Å². The van der Waals surface area contributed by atoms with Crippen LogP contribution in [-0.4, -0.2) is 36.1 Å². The molecule has 1 aliphatic rings. The zero-order chi connectivity index (χ0) is 9.80. The molecular formula is C10H16N4. The molecule has 0 atom stereocenters. The molecule has 1 aliphatic heterocycles. The van der Waals surface area contributed by atoms with Crippen molar-refractivity contribution in [2.24, 2.45) is 0 Å². The summed E-state index contributed by atoms with van der Waals surface area (Å²) >= 11 is 0. The molecule has 0 bridgehead atoms. The molecule has 1 saturated heterocycles. The van der Waals surface area contributed by atoms with Crippen LogP contribution in [0.1, 0.15) is 12.7 Å². The van der Waals surface area contributed by atoms with Gasteiger partial charge in [0.05, 0.1) is 18.1 Å². The van der Waals surface area contributed by atoms with Gasteiger partial charge in [-0.3, -0.25) is 0 Å². The third kappa shape index (κ3) is 2.01. The maximum atomic E-state index is 4.30. The second-order valence-corrected chi connectivity index (χ2v) is 3.45. The number of nitrogens with one attached hydrogen (secondary N) is 1. The second kappa shape index (κ2) is 4.37. The highest BCUT2D eigenvalue weighted by molar-refractivity contribution is 5.42. The minimum absolute atomic E-state index is 0.905. The number of rotatable bonds is 2. The SMILES string of the molecule is CCc1ncc(N2CCNCC2)cn1. The maximum absolute atomic E-state index is 4.30. The van der Waals surface area contributed by atoms with Crippen LogP contribution in [0.5, 0.6) is 0 Å². The predicted octanol–water partition coefficient (Wildman–Crippen LogP) is 0.449. The zero-order valence-corrected chi connectivity index (χ0v) is 8.53. The summed E-state index contributed by atoms with van der Waals surface area (Å²) in [6.07, 6.45) is 4.76. The van der Waals surface area contributed by atoms with Crippen LogP contribution in [0.4, 0.5) is 5.69 Å². The first kappa shape index (κ1) is 9.40. The minimum Gasteiger partial charge on any atom is -0.366 e. The standard InChI is InChI=1S/C10H16N4/c1-2-10-12-7-9(8-13-10)14-5-3-11-4-6-14/h7-8,11H,2-6H2,1H3. The van der Waals surface area contributed by atoms with Gasteiger partial charge in [0.1, 0.15) is 5.82 Å². The number of aromatic nitrogens is 2. The summed E-state index contributed by atoms with van der Waals surface area (Å²) in [4.78, 5) is 10.9. The van der Waals surface area contributed by atoms with Crippen molar-refractivity contribution in [2.75, 3.05) is 31.1 Å². The molecule has 0 saturated carbocycles. The molecule has 1 aromatic heterocycles. The molecule has 2 heterocycles. The first-order valence-electron chi connectivity index (χ1n) is 5.16. The molecule has 2 rings (SSSR count). The summed E-state index contributed by atoms with van der Waals surface area (Å²) in [7, 11) is 0. The summed E-state index contributed by atoms with van der Waals surface area (Å²) in [5.41, 5.74) is 1.14. The first-order chi connectivity index (χ1) is 6.90. The van der Waals surface area contributed by atoms with E-state index in [1.807, 2.05) is 12.4 Å². The zero-order valence-electron chi connectivity index (χ0n) is 8.53. The van der Waals surface area contributed by atoms with Crippen molar-refractivity contribution in [1.82, 2.24) is 15.3 Å². The molecule has 0 amide bonds. The summed E-state index contributed by atoms with van der Waals surface area (Å²) < 4.78 is 0. The average molecular weight is 192 g/mol. The van der Waals surface area contributed by atoms with E-state index in [0.717, 1.165) is 44.1 Å². The van der Waals surface area contributed by atoms with Crippen LogP contribution in [0.2, 0.25) is 0 Å². The van der Waals surface area contributed by atoms with Gasteiger partial charge in [-0.1, -0.05) is 6.92 Å². The van der Waals surface area contributed by atoms with Gasteiger partial charge in [-0.05, 0) is 0 Å². The lowest BCUT2D eigenvalue weighted by molar-refractivity contribution is 0.587. The molecule has 1 N–H and O–H groups in total. The van der Waals surface area contributed by atoms with Crippen LogP contribution < -0.4 is 10.2 Å². The molecule has 76 valence electrons. The summed E-state index contributed by atoms with van der Waals surface area (Å²) in [5, 5.41) is 3.32. The van der Waals surface area contributed by atoms with Crippen molar-refractivity contribution in [3.8, 4) is 0 Å². The molecule has 0 spiro atoms. The third-order valence-corrected chi connectivity index (χ3v) is 2.49. The molecule has 14 heavy (non-hydrogen) atoms. The molecule has 0 aromatic carbocycles. The number of anilines is 1. The van der Waals surface area contributed by atoms with E-state index < -0.39 is 0 Å². The Balaban J connectivity index is 2.07. The van der Waals surface area contributed by atoms with Crippen molar-refractivity contribution in [3.05, 3.63) is 18.2 Å². The maximum Gasteiger partial charge on any atom is 0.128 e. The number of aryl methyl sites for hydroxylation is 1. The first-order valence-corrected chi connectivity index (χ1v) is 5.16. The fourth-order valence-corrected chi connectivity index (χ4v) is 1.62. The van der Waals surface area contributed by atoms with Crippen molar-refractivity contribution in [3.63, 3.8) is 0 Å². The fraction of sp³-hybridized carbons (Fsp3) is 0.600. The molecule has 0 radical (unpaired) electrons. The number of hydrogen-bond donors (Lipinski definition) is 1. The normalized spacial score (nSPS) is 17.1. The van der Waals surface area contributed by atoms with Gasteiger partial charge in [0.2, 0.25) is 0 Å². The lowest BCUT2D eigenvalue weighted by atomic mass is 10.3. The Hall–Kier alpha value is -1.16. The highest BCUT2D eigenvalue weighted by Crippen LogP contribution is 2.11. The Kier molecular flexibility index (Phi) is 2.93. The van der Waals surface area contributed by atoms with Crippen molar-refractivity contribution < 1.29 is 0 Å². The number of piperazine rings is 1. The van der Waals surface area contributed by atoms with E-state index >= 15 is 0 Å². The van der Waals surface area contributed by atoms with Gasteiger partial charge in [-0.2, -0.15) is 0 Å². The molecule has 4 nitrogen and oxygen atoms in total. The topological polar surface area (TPSA) is 41.1 Å². The Morgan fingerprint density at radius 3 is 2.50 bits per heavy atom. The summed E-state index contributed by atoms with van der Waals surface area (Å²) in [6, 6.07) is 0. The van der Waals surface area contributed by atoms with Crippen LogP contribution in [0, 0.1) is 0 Å². The van der Waals surface area contributed by atoms with Crippen molar-refractivity contribution in [1.29, 1.82) is 0 Å². The van der Waals surface area contributed by atoms with Crippen LogP contribution in [-0.2, 0) is 6.42 Å². The highest BCUT2D eigenvalue weighted by atomic mass is 15.2. The lowest BCUT2D eigenvalue weighted by Gasteiger charge is -2.28. The van der Waals surface area contributed by atoms with Gasteiger partial charge in [0, 0.05) is 32.6 Å². The average Bonchev–Trinajstić information content (AvgIpc) is 2.30. The van der Waals surface area contributed by atoms with Gasteiger partial charge >= 0.3 is 0 Å². The molecule has 1 aromatic rings. The van der Waals surface area contributed by atoms with Gasteiger partial charge < -0.3 is 10.2 Å². The summed E-state index contributed by atoms with van der Waals surface area (Å²) in [6.45, 7) is 6.27.